The van der Waals surface area contributed by atoms with E-state index in [2.05, 4.69) is 62.0 Å². The van der Waals surface area contributed by atoms with Crippen molar-refractivity contribution in [3.63, 3.8) is 0 Å². The van der Waals surface area contributed by atoms with Crippen LogP contribution >= 0.6 is 0 Å². The van der Waals surface area contributed by atoms with Crippen LogP contribution < -0.4 is 0 Å². The van der Waals surface area contributed by atoms with Crippen molar-refractivity contribution in [1.82, 2.24) is 0 Å². The maximum atomic E-state index is 3.86. The van der Waals surface area contributed by atoms with E-state index in [0.29, 0.717) is 0 Å². The molecule has 18 heavy (non-hydrogen) atoms. The van der Waals surface area contributed by atoms with Gasteiger partial charge in [0.25, 0.3) is 0 Å². The molecule has 0 radical (unpaired) electrons. The van der Waals surface area contributed by atoms with E-state index in [9.17, 15) is 0 Å². The Bertz CT molecular complexity index is 645. The van der Waals surface area contributed by atoms with Gasteiger partial charge in [-0.2, -0.15) is 0 Å². The van der Waals surface area contributed by atoms with Crippen LogP contribution in [0.5, 0.6) is 0 Å². The highest BCUT2D eigenvalue weighted by Crippen LogP contribution is 2.39. The molecule has 0 fully saturated rings. The molecule has 0 aromatic heterocycles. The highest BCUT2D eigenvalue weighted by atomic mass is 14.2. The summed E-state index contributed by atoms with van der Waals surface area (Å²) in [6.07, 6.45) is 5.32. The molecule has 3 rings (SSSR count). The van der Waals surface area contributed by atoms with Gasteiger partial charge in [0.05, 0.1) is 0 Å². The Balaban J connectivity index is 2.23. The summed E-state index contributed by atoms with van der Waals surface area (Å²) >= 11 is 0. The Kier molecular flexibility index (Phi) is 2.64. The zero-order valence-electron chi connectivity index (χ0n) is 10.6. The van der Waals surface area contributed by atoms with Crippen LogP contribution in [0.4, 0.5) is 0 Å². The smallest absolute Gasteiger partial charge is 0.00882 e. The predicted octanol–water partition coefficient (Wildman–Crippen LogP) is 5.09. The van der Waals surface area contributed by atoms with Crippen molar-refractivity contribution in [2.24, 2.45) is 0 Å². The second-order valence-electron chi connectivity index (χ2n) is 4.76. The van der Waals surface area contributed by atoms with E-state index < -0.39 is 0 Å². The van der Waals surface area contributed by atoms with E-state index in [1.807, 2.05) is 6.08 Å². The van der Waals surface area contributed by atoms with Crippen LogP contribution in [0.1, 0.15) is 23.1 Å². The minimum absolute atomic E-state index is 1.13. The largest absolute Gasteiger partial charge is 0.0985 e. The molecule has 0 amide bonds. The molecule has 1 aliphatic rings. The van der Waals surface area contributed by atoms with Gasteiger partial charge < -0.3 is 0 Å². The molecule has 0 bridgehead atoms. The van der Waals surface area contributed by atoms with Gasteiger partial charge in [-0.3, -0.25) is 0 Å². The molecule has 88 valence electrons. The Morgan fingerprint density at radius 1 is 1.00 bits per heavy atom. The number of benzene rings is 2. The van der Waals surface area contributed by atoms with Crippen molar-refractivity contribution in [1.29, 1.82) is 0 Å². The molecule has 2 aromatic carbocycles. The summed E-state index contributed by atoms with van der Waals surface area (Å²) in [4.78, 5) is 0. The first-order valence-corrected chi connectivity index (χ1v) is 6.31. The van der Waals surface area contributed by atoms with Gasteiger partial charge in [-0.25, -0.2) is 0 Å². The fraction of sp³-hybridized carbons (Fsp3) is 0.111. The first-order chi connectivity index (χ1) is 8.79. The van der Waals surface area contributed by atoms with E-state index in [4.69, 9.17) is 0 Å². The fourth-order valence-electron chi connectivity index (χ4n) is 2.34. The molecular formula is C18H16. The highest BCUT2D eigenvalue weighted by Gasteiger charge is 2.16. The summed E-state index contributed by atoms with van der Waals surface area (Å²) in [5.74, 6) is 0. The van der Waals surface area contributed by atoms with Crippen LogP contribution in [0, 0.1) is 6.92 Å². The lowest BCUT2D eigenvalue weighted by atomic mass is 9.93. The highest BCUT2D eigenvalue weighted by molar-refractivity contribution is 5.89. The predicted molar refractivity (Wildman–Crippen MR) is 79.3 cm³/mol. The average molecular weight is 232 g/mol. The molecule has 0 saturated carbocycles. The molecule has 0 nitrogen and oxygen atoms in total. The molecule has 0 heteroatoms. The summed E-state index contributed by atoms with van der Waals surface area (Å²) in [5.41, 5.74) is 7.98. The lowest BCUT2D eigenvalue weighted by Crippen LogP contribution is -1.89. The molecule has 0 heterocycles. The van der Waals surface area contributed by atoms with E-state index in [0.717, 1.165) is 6.42 Å². The summed E-state index contributed by atoms with van der Waals surface area (Å²) in [7, 11) is 0. The molecule has 0 aliphatic heterocycles. The minimum Gasteiger partial charge on any atom is -0.0985 e. The Morgan fingerprint density at radius 2 is 1.78 bits per heavy atom. The summed E-state index contributed by atoms with van der Waals surface area (Å²) in [6, 6.07) is 15.2. The van der Waals surface area contributed by atoms with E-state index >= 15 is 0 Å². The molecule has 0 saturated heterocycles. The Hall–Kier alpha value is -2.08. The number of allylic oxidation sites excluding steroid dienone is 2. The van der Waals surface area contributed by atoms with Crippen molar-refractivity contribution < 1.29 is 0 Å². The van der Waals surface area contributed by atoms with Crippen LogP contribution in [0.3, 0.4) is 0 Å². The number of aryl methyl sites for hydroxylation is 1. The van der Waals surface area contributed by atoms with E-state index in [1.165, 1.54) is 33.4 Å². The van der Waals surface area contributed by atoms with Crippen LogP contribution in [0.25, 0.3) is 22.8 Å². The number of hydrogen-bond donors (Lipinski definition) is 0. The first-order valence-electron chi connectivity index (χ1n) is 6.31. The van der Waals surface area contributed by atoms with Crippen molar-refractivity contribution in [2.75, 3.05) is 0 Å². The van der Waals surface area contributed by atoms with E-state index in [1.54, 1.807) is 0 Å². The Morgan fingerprint density at radius 3 is 2.44 bits per heavy atom. The number of rotatable bonds is 3. The summed E-state index contributed by atoms with van der Waals surface area (Å²) < 4.78 is 0. The summed E-state index contributed by atoms with van der Waals surface area (Å²) in [5, 5.41) is 0. The van der Waals surface area contributed by atoms with Gasteiger partial charge >= 0.3 is 0 Å². The van der Waals surface area contributed by atoms with Gasteiger partial charge in [-0.15, -0.1) is 0 Å². The lowest BCUT2D eigenvalue weighted by Gasteiger charge is -2.11. The van der Waals surface area contributed by atoms with Crippen molar-refractivity contribution in [3.05, 3.63) is 71.8 Å². The molecule has 2 aromatic rings. The van der Waals surface area contributed by atoms with Crippen molar-refractivity contribution >= 4 is 11.6 Å². The molecule has 0 atom stereocenters. The normalized spacial score (nSPS) is 13.1. The molecule has 0 unspecified atom stereocenters. The monoisotopic (exact) mass is 232 g/mol. The third-order valence-electron chi connectivity index (χ3n) is 3.47. The first kappa shape index (κ1) is 11.0. The quantitative estimate of drug-likeness (QED) is 0.691. The number of hydrogen-bond acceptors (Lipinski definition) is 0. The average Bonchev–Trinajstić information content (AvgIpc) is 3.23. The second kappa shape index (κ2) is 4.30. The fourth-order valence-corrected chi connectivity index (χ4v) is 2.34. The second-order valence-corrected chi connectivity index (χ2v) is 4.76. The van der Waals surface area contributed by atoms with Gasteiger partial charge in [0, 0.05) is 0 Å². The third-order valence-corrected chi connectivity index (χ3v) is 3.47. The van der Waals surface area contributed by atoms with Gasteiger partial charge in [0.15, 0.2) is 0 Å². The van der Waals surface area contributed by atoms with Gasteiger partial charge in [0.1, 0.15) is 0 Å². The third kappa shape index (κ3) is 1.91. The topological polar surface area (TPSA) is 0 Å². The van der Waals surface area contributed by atoms with Crippen molar-refractivity contribution in [3.8, 4) is 11.1 Å². The van der Waals surface area contributed by atoms with Gasteiger partial charge in [-0.1, -0.05) is 55.1 Å². The Labute approximate surface area is 108 Å². The van der Waals surface area contributed by atoms with Gasteiger partial charge in [-0.05, 0) is 52.8 Å². The maximum absolute atomic E-state index is 3.86. The standard InChI is InChI=1S/C18H16/c1-3-14-8-11-17(15-9-10-15)18(12-14)16-7-5-4-6-13(16)2/h3-9,11-12H,1,10H2,2H3. The van der Waals surface area contributed by atoms with Crippen LogP contribution in [0.15, 0.2) is 55.1 Å². The molecule has 1 aliphatic carbocycles. The van der Waals surface area contributed by atoms with Crippen LogP contribution in [-0.4, -0.2) is 0 Å². The molecule has 0 spiro atoms. The zero-order chi connectivity index (χ0) is 12.5. The van der Waals surface area contributed by atoms with E-state index in [-0.39, 0.29) is 0 Å². The molecular weight excluding hydrogens is 216 g/mol. The SMILES string of the molecule is C=Cc1ccc(C2=CC2)c(-c2ccccc2C)c1. The molecule has 0 N–H and O–H groups in total. The van der Waals surface area contributed by atoms with Crippen LogP contribution in [-0.2, 0) is 0 Å². The zero-order valence-corrected chi connectivity index (χ0v) is 10.6. The lowest BCUT2D eigenvalue weighted by molar-refractivity contribution is 1.44. The summed E-state index contributed by atoms with van der Waals surface area (Å²) in [6.45, 7) is 6.03. The van der Waals surface area contributed by atoms with Crippen LogP contribution in [0.2, 0.25) is 0 Å². The van der Waals surface area contributed by atoms with Gasteiger partial charge in [0.2, 0.25) is 0 Å². The minimum atomic E-state index is 1.13. The maximum Gasteiger partial charge on any atom is -0.00882 e. The van der Waals surface area contributed by atoms with Crippen molar-refractivity contribution in [2.45, 2.75) is 13.3 Å².